The van der Waals surface area contributed by atoms with Crippen LogP contribution in [0.1, 0.15) is 0 Å². The highest BCUT2D eigenvalue weighted by Crippen LogP contribution is 2.29. The molecule has 17 heavy (non-hydrogen) atoms. The number of aromatic nitrogens is 1. The van der Waals surface area contributed by atoms with Crippen molar-refractivity contribution in [3.63, 3.8) is 0 Å². The number of furan rings is 1. The van der Waals surface area contributed by atoms with Gasteiger partial charge in [0.2, 0.25) is 0 Å². The van der Waals surface area contributed by atoms with Crippen molar-refractivity contribution >= 4 is 51.6 Å². The number of hydrogen-bond acceptors (Lipinski definition) is 4. The molecule has 0 aliphatic carbocycles. The quantitative estimate of drug-likeness (QED) is 0.768. The molecule has 0 saturated carbocycles. The monoisotopic (exact) mass is 348 g/mol. The Morgan fingerprint density at radius 2 is 2.00 bits per heavy atom. The van der Waals surface area contributed by atoms with Crippen LogP contribution in [-0.4, -0.2) is 27.4 Å². The first-order valence-electron chi connectivity index (χ1n) is 4.30. The summed E-state index contributed by atoms with van der Waals surface area (Å²) in [5.41, 5.74) is 0.127. The molecule has 2 aromatic rings. The molecule has 7 nitrogen and oxygen atoms in total. The van der Waals surface area contributed by atoms with Crippen LogP contribution in [0.5, 0.6) is 0 Å². The molecule has 0 radical (unpaired) electrons. The number of carboxylic acid groups (broad SMARTS) is 2. The summed E-state index contributed by atoms with van der Waals surface area (Å²) in [6.07, 6.45) is -0.542. The number of fused-ring (bicyclic) bond motifs is 1. The average Bonchev–Trinajstić information content (AvgIpc) is 2.70. The van der Waals surface area contributed by atoms with Gasteiger partial charge in [-0.25, -0.2) is 14.6 Å². The predicted octanol–water partition coefficient (Wildman–Crippen LogP) is 2.59. The lowest BCUT2D eigenvalue weighted by Gasteiger charge is -2.12. The second-order valence-corrected chi connectivity index (χ2v) is 4.16. The number of anilines is 1. The van der Waals surface area contributed by atoms with Crippen molar-refractivity contribution in [1.29, 1.82) is 0 Å². The molecule has 0 aliphatic rings. The molecule has 2 N–H and O–H groups in total. The van der Waals surface area contributed by atoms with Crippen LogP contribution in [0, 0.1) is 3.57 Å². The average molecular weight is 348 g/mol. The van der Waals surface area contributed by atoms with Gasteiger partial charge in [0.05, 0.1) is 6.26 Å². The second kappa shape index (κ2) is 4.20. The Labute approximate surface area is 108 Å². The van der Waals surface area contributed by atoms with Gasteiger partial charge in [-0.2, -0.15) is 4.90 Å². The first-order chi connectivity index (χ1) is 8.02. The maximum atomic E-state index is 10.9. The van der Waals surface area contributed by atoms with E-state index >= 15 is 0 Å². The van der Waals surface area contributed by atoms with Gasteiger partial charge >= 0.3 is 12.2 Å². The summed E-state index contributed by atoms with van der Waals surface area (Å²) in [6, 6.07) is 1.62. The zero-order valence-corrected chi connectivity index (χ0v) is 10.3. The third-order valence-electron chi connectivity index (χ3n) is 2.02. The van der Waals surface area contributed by atoms with Gasteiger partial charge < -0.3 is 14.6 Å². The Morgan fingerprint density at radius 3 is 2.59 bits per heavy atom. The molecule has 0 aliphatic heterocycles. The van der Waals surface area contributed by atoms with Crippen molar-refractivity contribution in [2.45, 2.75) is 0 Å². The van der Waals surface area contributed by atoms with Crippen LogP contribution in [0.4, 0.5) is 15.4 Å². The Morgan fingerprint density at radius 1 is 1.35 bits per heavy atom. The molecule has 0 saturated heterocycles. The van der Waals surface area contributed by atoms with E-state index in [1.165, 1.54) is 12.5 Å². The van der Waals surface area contributed by atoms with E-state index in [1.54, 1.807) is 6.07 Å². The van der Waals surface area contributed by atoms with Crippen molar-refractivity contribution in [2.75, 3.05) is 4.90 Å². The summed E-state index contributed by atoms with van der Waals surface area (Å²) in [7, 11) is 0. The molecule has 2 aromatic heterocycles. The van der Waals surface area contributed by atoms with Crippen molar-refractivity contribution in [3.8, 4) is 0 Å². The van der Waals surface area contributed by atoms with Gasteiger partial charge in [-0.15, -0.1) is 0 Å². The molecule has 0 aromatic carbocycles. The topological polar surface area (TPSA) is 104 Å². The molecule has 2 heterocycles. The van der Waals surface area contributed by atoms with Gasteiger partial charge in [-0.05, 0) is 28.7 Å². The Kier molecular flexibility index (Phi) is 2.88. The highest BCUT2D eigenvalue weighted by Gasteiger charge is 2.27. The van der Waals surface area contributed by atoms with Crippen LogP contribution < -0.4 is 4.90 Å². The van der Waals surface area contributed by atoms with Crippen LogP contribution in [0.2, 0.25) is 0 Å². The molecular formula is C9H5IN2O5. The van der Waals surface area contributed by atoms with Crippen molar-refractivity contribution in [3.05, 3.63) is 22.1 Å². The number of pyridine rings is 1. The minimum atomic E-state index is -1.64. The lowest BCUT2D eigenvalue weighted by atomic mass is 10.3. The van der Waals surface area contributed by atoms with Crippen LogP contribution in [0.15, 0.2) is 22.9 Å². The molecule has 0 atom stereocenters. The van der Waals surface area contributed by atoms with Crippen molar-refractivity contribution in [1.82, 2.24) is 4.98 Å². The van der Waals surface area contributed by atoms with Crippen LogP contribution in [-0.2, 0) is 0 Å². The van der Waals surface area contributed by atoms with Gasteiger partial charge in [0.15, 0.2) is 11.4 Å². The summed E-state index contributed by atoms with van der Waals surface area (Å²) < 4.78 is 5.82. The van der Waals surface area contributed by atoms with Gasteiger partial charge in [-0.1, -0.05) is 0 Å². The molecule has 0 spiro atoms. The van der Waals surface area contributed by atoms with E-state index < -0.39 is 12.2 Å². The van der Waals surface area contributed by atoms with E-state index in [9.17, 15) is 9.59 Å². The normalized spacial score (nSPS) is 10.4. The number of amides is 2. The number of carbonyl (C=O) groups is 2. The first-order valence-corrected chi connectivity index (χ1v) is 5.38. The van der Waals surface area contributed by atoms with E-state index in [4.69, 9.17) is 14.6 Å². The molecule has 2 rings (SSSR count). The smallest absolute Gasteiger partial charge is 0.422 e. The van der Waals surface area contributed by atoms with E-state index in [0.717, 1.165) is 3.57 Å². The minimum Gasteiger partial charge on any atom is -0.464 e. The third-order valence-corrected chi connectivity index (χ3v) is 2.88. The lowest BCUT2D eigenvalue weighted by Crippen LogP contribution is -2.35. The zero-order chi connectivity index (χ0) is 12.6. The fraction of sp³-hybridized carbons (Fsp3) is 0. The van der Waals surface area contributed by atoms with Crippen molar-refractivity contribution < 1.29 is 24.2 Å². The number of nitrogens with zero attached hydrogens (tertiary/aromatic N) is 2. The SMILES string of the molecule is O=C(O)N(C(=O)O)c1ncc(I)c2ccoc12. The summed E-state index contributed by atoms with van der Waals surface area (Å²) in [4.78, 5) is 25.6. The Hall–Kier alpha value is -1.84. The lowest BCUT2D eigenvalue weighted by molar-refractivity contribution is 0.184. The minimum absolute atomic E-state index is 0.113. The number of imide groups is 1. The van der Waals surface area contributed by atoms with Crippen LogP contribution >= 0.6 is 22.6 Å². The van der Waals surface area contributed by atoms with E-state index in [1.807, 2.05) is 22.6 Å². The predicted molar refractivity (Wildman–Crippen MR) is 65.3 cm³/mol. The molecular weight excluding hydrogens is 343 g/mol. The largest absolute Gasteiger partial charge is 0.464 e. The Balaban J connectivity index is 2.70. The molecule has 88 valence electrons. The molecule has 0 unspecified atom stereocenters. The number of rotatable bonds is 1. The van der Waals surface area contributed by atoms with Gasteiger partial charge in [0.25, 0.3) is 0 Å². The zero-order valence-electron chi connectivity index (χ0n) is 8.12. The summed E-state index contributed by atoms with van der Waals surface area (Å²) in [6.45, 7) is 0. The van der Waals surface area contributed by atoms with Crippen molar-refractivity contribution in [2.24, 2.45) is 0 Å². The Bertz CT molecular complexity index is 594. The maximum absolute atomic E-state index is 10.9. The number of hydrogen-bond donors (Lipinski definition) is 2. The molecule has 8 heteroatoms. The molecule has 0 fully saturated rings. The summed E-state index contributed by atoms with van der Waals surface area (Å²) in [5.74, 6) is -0.259. The van der Waals surface area contributed by atoms with Gasteiger partial charge in [-0.3, -0.25) is 0 Å². The van der Waals surface area contributed by atoms with Crippen LogP contribution in [0.3, 0.4) is 0 Å². The van der Waals surface area contributed by atoms with E-state index in [2.05, 4.69) is 4.98 Å². The maximum Gasteiger partial charge on any atom is 0.422 e. The van der Waals surface area contributed by atoms with Gasteiger partial charge in [0.1, 0.15) is 0 Å². The fourth-order valence-corrected chi connectivity index (χ4v) is 1.90. The first kappa shape index (κ1) is 11.6. The summed E-state index contributed by atoms with van der Waals surface area (Å²) in [5, 5.41) is 18.3. The van der Waals surface area contributed by atoms with Gasteiger partial charge in [0, 0.05) is 15.2 Å². The second-order valence-electron chi connectivity index (χ2n) is 2.99. The van der Waals surface area contributed by atoms with E-state index in [-0.39, 0.29) is 16.3 Å². The van der Waals surface area contributed by atoms with E-state index in [0.29, 0.717) is 5.39 Å². The fourth-order valence-electron chi connectivity index (χ4n) is 1.34. The van der Waals surface area contributed by atoms with Crippen LogP contribution in [0.25, 0.3) is 11.0 Å². The molecule has 2 amide bonds. The highest BCUT2D eigenvalue weighted by molar-refractivity contribution is 14.1. The third kappa shape index (κ3) is 1.90. The molecule has 0 bridgehead atoms. The standard InChI is InChI=1S/C9H5IN2O5/c10-5-3-11-7(6-4(5)1-2-17-6)12(8(13)14)9(15)16/h1-3H,(H,13,14)(H,15,16). The highest BCUT2D eigenvalue weighted by atomic mass is 127. The number of halogens is 1. The summed E-state index contributed by atoms with van der Waals surface area (Å²) >= 11 is 1.99.